The first kappa shape index (κ1) is 14.1. The zero-order valence-electron chi connectivity index (χ0n) is 11.0. The van der Waals surface area contributed by atoms with Gasteiger partial charge in [-0.25, -0.2) is 0 Å². The molecule has 0 aliphatic heterocycles. The molecule has 0 spiro atoms. The van der Waals surface area contributed by atoms with Gasteiger partial charge >= 0.3 is 0 Å². The van der Waals surface area contributed by atoms with Crippen LogP contribution in [0, 0.1) is 27.7 Å². The van der Waals surface area contributed by atoms with E-state index in [1.807, 2.05) is 13.0 Å². The van der Waals surface area contributed by atoms with Gasteiger partial charge in [-0.15, -0.1) is 0 Å². The molecule has 0 aromatic heterocycles. The summed E-state index contributed by atoms with van der Waals surface area (Å²) in [7, 11) is 0. The molecule has 0 radical (unpaired) electrons. The zero-order valence-corrected chi connectivity index (χ0v) is 13.1. The van der Waals surface area contributed by atoms with E-state index < -0.39 is 5.54 Å². The van der Waals surface area contributed by atoms with Crippen LogP contribution in [-0.4, -0.2) is 11.4 Å². The molecule has 1 aromatic rings. The van der Waals surface area contributed by atoms with Gasteiger partial charge in [0.25, 0.3) is 5.91 Å². The molecule has 1 aliphatic carbocycles. The fourth-order valence-electron chi connectivity index (χ4n) is 2.13. The van der Waals surface area contributed by atoms with Crippen LogP contribution < -0.4 is 11.1 Å². The predicted octanol–water partition coefficient (Wildman–Crippen LogP) is 2.60. The van der Waals surface area contributed by atoms with Crippen LogP contribution in [0.25, 0.3) is 0 Å². The van der Waals surface area contributed by atoms with Crippen molar-refractivity contribution in [3.63, 3.8) is 0 Å². The number of hydrogen-bond acceptors (Lipinski definition) is 3. The number of benzene rings is 1. The highest BCUT2D eigenvalue weighted by Gasteiger charge is 2.43. The fourth-order valence-corrected chi connectivity index (χ4v) is 2.91. The number of nitrogens with two attached hydrogens (primary N) is 1. The zero-order chi connectivity index (χ0) is 14.2. The third-order valence-electron chi connectivity index (χ3n) is 3.60. The molecule has 2 rings (SSSR count). The maximum atomic E-state index is 12.3. The Balaban J connectivity index is 2.28. The van der Waals surface area contributed by atoms with Gasteiger partial charge < -0.3 is 11.1 Å². The normalized spacial score (nSPS) is 17.4. The number of nitrogen functional groups attached to an aromatic ring is 1. The summed E-state index contributed by atoms with van der Waals surface area (Å²) in [6.45, 7) is 3.65. The Labute approximate surface area is 126 Å². The molecule has 1 atom stereocenters. The topological polar surface area (TPSA) is 78.9 Å². The first-order valence-corrected chi connectivity index (χ1v) is 7.24. The highest BCUT2D eigenvalue weighted by molar-refractivity contribution is 14.1. The highest BCUT2D eigenvalue weighted by atomic mass is 127. The number of anilines is 1. The van der Waals surface area contributed by atoms with Crippen molar-refractivity contribution in [3.8, 4) is 6.07 Å². The first-order valence-electron chi connectivity index (χ1n) is 6.17. The maximum Gasteiger partial charge on any atom is 0.254 e. The van der Waals surface area contributed by atoms with Crippen molar-refractivity contribution in [2.75, 3.05) is 5.73 Å². The van der Waals surface area contributed by atoms with E-state index >= 15 is 0 Å². The van der Waals surface area contributed by atoms with E-state index in [2.05, 4.69) is 34.0 Å². The number of rotatable bonds is 3. The molecular weight excluding hydrogens is 353 g/mol. The third kappa shape index (κ3) is 2.84. The Morgan fingerprint density at radius 2 is 2.21 bits per heavy atom. The van der Waals surface area contributed by atoms with Gasteiger partial charge in [0, 0.05) is 9.26 Å². The molecule has 0 heterocycles. The van der Waals surface area contributed by atoms with Crippen LogP contribution in [0.2, 0.25) is 0 Å². The van der Waals surface area contributed by atoms with Gasteiger partial charge in [0.2, 0.25) is 0 Å². The smallest absolute Gasteiger partial charge is 0.254 e. The summed E-state index contributed by atoms with van der Waals surface area (Å²) in [6.07, 6.45) is 1.98. The number of hydrogen-bond donors (Lipinski definition) is 2. The Bertz CT molecular complexity index is 575. The van der Waals surface area contributed by atoms with Crippen molar-refractivity contribution in [1.82, 2.24) is 5.32 Å². The van der Waals surface area contributed by atoms with Crippen LogP contribution in [0.3, 0.4) is 0 Å². The van der Waals surface area contributed by atoms with Gasteiger partial charge in [0.1, 0.15) is 5.54 Å². The van der Waals surface area contributed by atoms with E-state index in [0.717, 1.165) is 22.0 Å². The SMILES string of the molecule is Cc1cc(I)cc(C(=O)NC(C)(C#N)C2CC2)c1N. The summed E-state index contributed by atoms with van der Waals surface area (Å²) >= 11 is 2.15. The van der Waals surface area contributed by atoms with E-state index in [9.17, 15) is 10.1 Å². The summed E-state index contributed by atoms with van der Waals surface area (Å²) in [5.41, 5.74) is 6.97. The minimum Gasteiger partial charge on any atom is -0.398 e. The van der Waals surface area contributed by atoms with Crippen LogP contribution in [0.1, 0.15) is 35.7 Å². The standard InChI is InChI=1S/C14H16IN3O/c1-8-5-10(15)6-11(12(8)17)13(19)18-14(2,7-16)9-3-4-9/h5-6,9H,3-4,17H2,1-2H3,(H,18,19). The largest absolute Gasteiger partial charge is 0.398 e. The van der Waals surface area contributed by atoms with Crippen LogP contribution >= 0.6 is 22.6 Å². The molecule has 1 aromatic carbocycles. The molecule has 0 bridgehead atoms. The average Bonchev–Trinajstić information content (AvgIpc) is 3.17. The molecule has 100 valence electrons. The Kier molecular flexibility index (Phi) is 3.72. The van der Waals surface area contributed by atoms with Crippen LogP contribution in [0.5, 0.6) is 0 Å². The van der Waals surface area contributed by atoms with Gasteiger partial charge in [-0.3, -0.25) is 4.79 Å². The van der Waals surface area contributed by atoms with Gasteiger partial charge in [0.15, 0.2) is 0 Å². The second kappa shape index (κ2) is 5.00. The number of aryl methyl sites for hydroxylation is 1. The fraction of sp³-hybridized carbons (Fsp3) is 0.429. The van der Waals surface area contributed by atoms with Gasteiger partial charge in [-0.05, 0) is 72.9 Å². The summed E-state index contributed by atoms with van der Waals surface area (Å²) in [6, 6.07) is 5.90. The number of nitrogens with one attached hydrogen (secondary N) is 1. The van der Waals surface area contributed by atoms with E-state index in [1.54, 1.807) is 13.0 Å². The van der Waals surface area contributed by atoms with Crippen LogP contribution in [0.15, 0.2) is 12.1 Å². The second-order valence-corrected chi connectivity index (χ2v) is 6.47. The second-order valence-electron chi connectivity index (χ2n) is 5.23. The summed E-state index contributed by atoms with van der Waals surface area (Å²) in [5, 5.41) is 12.1. The molecule has 1 aliphatic rings. The lowest BCUT2D eigenvalue weighted by Gasteiger charge is -2.23. The van der Waals surface area contributed by atoms with Crippen molar-refractivity contribution < 1.29 is 4.79 Å². The number of nitrogens with zero attached hydrogens (tertiary/aromatic N) is 1. The van der Waals surface area contributed by atoms with Crippen molar-refractivity contribution in [2.24, 2.45) is 5.92 Å². The van der Waals surface area contributed by atoms with Crippen LogP contribution in [0.4, 0.5) is 5.69 Å². The van der Waals surface area contributed by atoms with E-state index in [0.29, 0.717) is 11.3 Å². The average molecular weight is 369 g/mol. The number of carbonyl (C=O) groups is 1. The van der Waals surface area contributed by atoms with Crippen molar-refractivity contribution in [3.05, 3.63) is 26.8 Å². The van der Waals surface area contributed by atoms with Crippen LogP contribution in [-0.2, 0) is 0 Å². The quantitative estimate of drug-likeness (QED) is 0.635. The Hall–Kier alpha value is -1.29. The molecule has 3 N–H and O–H groups in total. The molecule has 1 fully saturated rings. The minimum absolute atomic E-state index is 0.256. The molecule has 1 saturated carbocycles. The summed E-state index contributed by atoms with van der Waals surface area (Å²) < 4.78 is 0.958. The lowest BCUT2D eigenvalue weighted by Crippen LogP contribution is -2.46. The molecule has 1 unspecified atom stereocenters. The lowest BCUT2D eigenvalue weighted by atomic mass is 9.97. The molecule has 5 heteroatoms. The third-order valence-corrected chi connectivity index (χ3v) is 4.22. The van der Waals surface area contributed by atoms with Gasteiger partial charge in [0.05, 0.1) is 11.6 Å². The highest BCUT2D eigenvalue weighted by Crippen LogP contribution is 2.39. The van der Waals surface area contributed by atoms with Crippen molar-refractivity contribution in [2.45, 2.75) is 32.2 Å². The number of amides is 1. The van der Waals surface area contributed by atoms with E-state index in [1.165, 1.54) is 0 Å². The summed E-state index contributed by atoms with van der Waals surface area (Å²) in [4.78, 5) is 12.3. The molecule has 19 heavy (non-hydrogen) atoms. The number of nitriles is 1. The Morgan fingerprint density at radius 3 is 2.74 bits per heavy atom. The molecular formula is C14H16IN3O. The maximum absolute atomic E-state index is 12.3. The van der Waals surface area contributed by atoms with E-state index in [4.69, 9.17) is 5.73 Å². The van der Waals surface area contributed by atoms with Gasteiger partial charge in [-0.1, -0.05) is 0 Å². The number of carbonyl (C=O) groups excluding carboxylic acids is 1. The molecule has 1 amide bonds. The van der Waals surface area contributed by atoms with Gasteiger partial charge in [-0.2, -0.15) is 5.26 Å². The van der Waals surface area contributed by atoms with E-state index in [-0.39, 0.29) is 11.8 Å². The first-order chi connectivity index (χ1) is 8.87. The molecule has 4 nitrogen and oxygen atoms in total. The molecule has 0 saturated heterocycles. The summed E-state index contributed by atoms with van der Waals surface area (Å²) in [5.74, 6) is -0.0124. The minimum atomic E-state index is -0.793. The van der Waals surface area contributed by atoms with Crippen molar-refractivity contribution in [1.29, 1.82) is 5.26 Å². The Morgan fingerprint density at radius 1 is 1.58 bits per heavy atom. The lowest BCUT2D eigenvalue weighted by molar-refractivity contribution is 0.0918. The monoisotopic (exact) mass is 369 g/mol. The van der Waals surface area contributed by atoms with Crippen molar-refractivity contribution >= 4 is 34.2 Å². The number of halogens is 1. The predicted molar refractivity (Wildman–Crippen MR) is 82.5 cm³/mol.